The zero-order valence-electron chi connectivity index (χ0n) is 12.7. The van der Waals surface area contributed by atoms with E-state index >= 15 is 0 Å². The molecule has 1 aromatic carbocycles. The van der Waals surface area contributed by atoms with Gasteiger partial charge in [0.05, 0.1) is 18.8 Å². The fraction of sp³-hybridized carbons (Fsp3) is 0.333. The quantitative estimate of drug-likeness (QED) is 0.776. The summed E-state index contributed by atoms with van der Waals surface area (Å²) in [4.78, 5) is 17.4. The van der Waals surface area contributed by atoms with Crippen LogP contribution in [0.25, 0.3) is 0 Å². The molecule has 1 heterocycles. The van der Waals surface area contributed by atoms with Gasteiger partial charge in [0.1, 0.15) is 6.61 Å². The monoisotopic (exact) mass is 342 g/mol. The molecule has 23 heavy (non-hydrogen) atoms. The molecule has 8 heteroatoms. The predicted molar refractivity (Wildman–Crippen MR) is 82.7 cm³/mol. The van der Waals surface area contributed by atoms with Crippen LogP contribution in [0.1, 0.15) is 12.6 Å². The molecule has 0 bridgehead atoms. The van der Waals surface area contributed by atoms with Gasteiger partial charge in [-0.3, -0.25) is 9.69 Å². The van der Waals surface area contributed by atoms with Crippen LogP contribution in [0.5, 0.6) is 5.75 Å². The first-order valence-corrected chi connectivity index (χ1v) is 7.69. The maximum absolute atomic E-state index is 13.5. The van der Waals surface area contributed by atoms with Crippen molar-refractivity contribution in [2.75, 3.05) is 25.2 Å². The summed E-state index contributed by atoms with van der Waals surface area (Å²) in [5, 5.41) is 2.21. The molecule has 0 radical (unpaired) electrons. The van der Waals surface area contributed by atoms with E-state index in [1.165, 1.54) is 35.3 Å². The summed E-state index contributed by atoms with van der Waals surface area (Å²) in [5.41, 5.74) is 0.525. The minimum Gasteiger partial charge on any atom is -0.484 e. The smallest absolute Gasteiger partial charge is 0.225 e. The second kappa shape index (κ2) is 7.98. The maximum Gasteiger partial charge on any atom is 0.225 e. The molecule has 1 amide bonds. The van der Waals surface area contributed by atoms with Crippen molar-refractivity contribution in [1.82, 2.24) is 4.98 Å². The van der Waals surface area contributed by atoms with Gasteiger partial charge < -0.3 is 9.47 Å². The van der Waals surface area contributed by atoms with Gasteiger partial charge in [-0.1, -0.05) is 6.07 Å². The van der Waals surface area contributed by atoms with Crippen molar-refractivity contribution in [2.45, 2.75) is 13.5 Å². The van der Waals surface area contributed by atoms with Gasteiger partial charge in [-0.05, 0) is 12.1 Å². The third kappa shape index (κ3) is 4.46. The Kier molecular flexibility index (Phi) is 6.00. The van der Waals surface area contributed by atoms with Gasteiger partial charge in [0, 0.05) is 19.4 Å². The average molecular weight is 342 g/mol. The summed E-state index contributed by atoms with van der Waals surface area (Å²) in [6.07, 6.45) is 0. The number of halogens is 2. The van der Waals surface area contributed by atoms with Gasteiger partial charge in [-0.25, -0.2) is 9.37 Å². The van der Waals surface area contributed by atoms with E-state index < -0.39 is 11.6 Å². The van der Waals surface area contributed by atoms with Crippen molar-refractivity contribution in [3.8, 4) is 5.75 Å². The van der Waals surface area contributed by atoms with Gasteiger partial charge in [-0.2, -0.15) is 4.39 Å². The van der Waals surface area contributed by atoms with Gasteiger partial charge >= 0.3 is 0 Å². The van der Waals surface area contributed by atoms with Crippen molar-refractivity contribution in [3.63, 3.8) is 0 Å². The SMILES string of the molecule is COCCN(C(C)=O)c1nc(COc2cccc(F)c2F)cs1. The number of hydrogen-bond donors (Lipinski definition) is 0. The van der Waals surface area contributed by atoms with Crippen molar-refractivity contribution in [3.05, 3.63) is 40.9 Å². The third-order valence-corrected chi connectivity index (χ3v) is 3.87. The van der Waals surface area contributed by atoms with Crippen LogP contribution in [0.4, 0.5) is 13.9 Å². The van der Waals surface area contributed by atoms with Crippen molar-refractivity contribution in [2.24, 2.45) is 0 Å². The van der Waals surface area contributed by atoms with Gasteiger partial charge in [0.2, 0.25) is 11.7 Å². The summed E-state index contributed by atoms with van der Waals surface area (Å²) >= 11 is 1.27. The standard InChI is InChI=1S/C15H16F2N2O3S/c1-10(20)19(6-7-21-2)15-18-11(9-23-15)8-22-13-5-3-4-12(16)14(13)17/h3-5,9H,6-8H2,1-2H3. The molecular formula is C15H16F2N2O3S. The van der Waals surface area contributed by atoms with Crippen molar-refractivity contribution >= 4 is 22.4 Å². The zero-order chi connectivity index (χ0) is 16.8. The van der Waals surface area contributed by atoms with Crippen LogP contribution < -0.4 is 9.64 Å². The number of methoxy groups -OCH3 is 1. The molecule has 0 spiro atoms. The lowest BCUT2D eigenvalue weighted by Crippen LogP contribution is -2.31. The number of anilines is 1. The second-order valence-corrected chi connectivity index (χ2v) is 5.46. The fourth-order valence-electron chi connectivity index (χ4n) is 1.80. The summed E-state index contributed by atoms with van der Waals surface area (Å²) < 4.78 is 36.8. The molecule has 0 N–H and O–H groups in total. The van der Waals surface area contributed by atoms with Crippen molar-refractivity contribution in [1.29, 1.82) is 0 Å². The number of thiazole rings is 1. The first-order chi connectivity index (χ1) is 11.0. The van der Waals surface area contributed by atoms with Crippen LogP contribution in [0, 0.1) is 11.6 Å². The molecule has 2 rings (SSSR count). The number of aromatic nitrogens is 1. The van der Waals surface area contributed by atoms with Crippen LogP contribution in [-0.2, 0) is 16.1 Å². The highest BCUT2D eigenvalue weighted by Gasteiger charge is 2.16. The molecule has 0 saturated carbocycles. The van der Waals surface area contributed by atoms with E-state index in [4.69, 9.17) is 9.47 Å². The number of ether oxygens (including phenoxy) is 2. The van der Waals surface area contributed by atoms with E-state index in [1.54, 1.807) is 12.5 Å². The molecule has 1 aromatic heterocycles. The molecule has 124 valence electrons. The highest BCUT2D eigenvalue weighted by Crippen LogP contribution is 2.23. The Labute approximate surface area is 136 Å². The normalized spacial score (nSPS) is 10.6. The van der Waals surface area contributed by atoms with E-state index in [-0.39, 0.29) is 18.3 Å². The van der Waals surface area contributed by atoms with Crippen molar-refractivity contribution < 1.29 is 23.0 Å². The first kappa shape index (κ1) is 17.3. The van der Waals surface area contributed by atoms with E-state index in [0.717, 1.165) is 6.07 Å². The lowest BCUT2D eigenvalue weighted by atomic mass is 10.3. The molecule has 0 aliphatic carbocycles. The van der Waals surface area contributed by atoms with E-state index in [1.807, 2.05) is 0 Å². The van der Waals surface area contributed by atoms with Crippen LogP contribution in [0.3, 0.4) is 0 Å². The lowest BCUT2D eigenvalue weighted by molar-refractivity contribution is -0.116. The van der Waals surface area contributed by atoms with Crippen LogP contribution >= 0.6 is 11.3 Å². The van der Waals surface area contributed by atoms with Crippen LogP contribution in [-0.4, -0.2) is 31.2 Å². The largest absolute Gasteiger partial charge is 0.484 e. The zero-order valence-corrected chi connectivity index (χ0v) is 13.5. The van der Waals surface area contributed by atoms with E-state index in [9.17, 15) is 13.6 Å². The Morgan fingerprint density at radius 1 is 1.39 bits per heavy atom. The number of carbonyl (C=O) groups excluding carboxylic acids is 1. The number of nitrogens with zero attached hydrogens (tertiary/aromatic N) is 2. The highest BCUT2D eigenvalue weighted by atomic mass is 32.1. The Bertz CT molecular complexity index is 678. The molecule has 0 saturated heterocycles. The molecule has 5 nitrogen and oxygen atoms in total. The Morgan fingerprint density at radius 2 is 2.17 bits per heavy atom. The molecule has 0 unspecified atom stereocenters. The molecular weight excluding hydrogens is 326 g/mol. The number of hydrogen-bond acceptors (Lipinski definition) is 5. The summed E-state index contributed by atoms with van der Waals surface area (Å²) in [7, 11) is 1.55. The van der Waals surface area contributed by atoms with E-state index in [2.05, 4.69) is 4.98 Å². The Balaban J connectivity index is 2.04. The second-order valence-electron chi connectivity index (χ2n) is 4.63. The molecule has 0 fully saturated rings. The van der Waals surface area contributed by atoms with Crippen LogP contribution in [0.15, 0.2) is 23.6 Å². The van der Waals surface area contributed by atoms with Crippen LogP contribution in [0.2, 0.25) is 0 Å². The molecule has 0 aliphatic rings. The van der Waals surface area contributed by atoms with Gasteiger partial charge in [0.15, 0.2) is 16.7 Å². The molecule has 2 aromatic rings. The highest BCUT2D eigenvalue weighted by molar-refractivity contribution is 7.14. The minimum absolute atomic E-state index is 0.0209. The van der Waals surface area contributed by atoms with Gasteiger partial charge in [-0.15, -0.1) is 11.3 Å². The predicted octanol–water partition coefficient (Wildman–Crippen LogP) is 3.00. The Morgan fingerprint density at radius 3 is 2.87 bits per heavy atom. The first-order valence-electron chi connectivity index (χ1n) is 6.81. The van der Waals surface area contributed by atoms with E-state index in [0.29, 0.717) is 24.0 Å². The average Bonchev–Trinajstić information content (AvgIpc) is 2.97. The third-order valence-electron chi connectivity index (χ3n) is 2.96. The fourth-order valence-corrected chi connectivity index (χ4v) is 2.68. The molecule has 0 atom stereocenters. The maximum atomic E-state index is 13.5. The summed E-state index contributed by atoms with van der Waals surface area (Å²) in [6, 6.07) is 3.72. The minimum atomic E-state index is -1.03. The number of rotatable bonds is 7. The van der Waals surface area contributed by atoms with Gasteiger partial charge in [0.25, 0.3) is 0 Å². The number of amides is 1. The Hall–Kier alpha value is -2.06. The topological polar surface area (TPSA) is 51.7 Å². The summed E-state index contributed by atoms with van der Waals surface area (Å²) in [6.45, 7) is 2.19. The lowest BCUT2D eigenvalue weighted by Gasteiger charge is -2.16. The number of benzene rings is 1. The molecule has 0 aliphatic heterocycles. The number of carbonyl (C=O) groups is 1. The summed E-state index contributed by atoms with van der Waals surface area (Å²) in [5.74, 6) is -2.33.